The summed E-state index contributed by atoms with van der Waals surface area (Å²) in [5, 5.41) is 14.3. The van der Waals surface area contributed by atoms with Crippen LogP contribution in [0.5, 0.6) is 5.75 Å². The molecule has 0 bridgehead atoms. The van der Waals surface area contributed by atoms with Crippen LogP contribution < -0.4 is 4.74 Å². The lowest BCUT2D eigenvalue weighted by atomic mass is 9.92. The van der Waals surface area contributed by atoms with Gasteiger partial charge in [-0.1, -0.05) is 12.1 Å². The molecular weight excluding hydrogens is 302 g/mol. The first-order chi connectivity index (χ1) is 11.6. The maximum Gasteiger partial charge on any atom is 0.119 e. The van der Waals surface area contributed by atoms with Crippen molar-refractivity contribution in [2.24, 2.45) is 5.92 Å². The third-order valence-corrected chi connectivity index (χ3v) is 4.87. The summed E-state index contributed by atoms with van der Waals surface area (Å²) < 4.78 is 7.30. The average molecular weight is 329 g/mol. The normalized spacial score (nSPS) is 21.5. The zero-order chi connectivity index (χ0) is 17.1. The third kappa shape index (κ3) is 3.62. The minimum absolute atomic E-state index is 0.214. The van der Waals surface area contributed by atoms with Crippen molar-refractivity contribution in [3.63, 3.8) is 0 Å². The second kappa shape index (κ2) is 7.36. The largest absolute Gasteiger partial charge is 0.497 e. The Morgan fingerprint density at radius 1 is 1.33 bits per heavy atom. The van der Waals surface area contributed by atoms with Crippen LogP contribution in [0, 0.1) is 5.92 Å². The van der Waals surface area contributed by atoms with Gasteiger partial charge in [-0.15, -0.1) is 0 Å². The molecular formula is C19H27N3O2. The quantitative estimate of drug-likeness (QED) is 0.885. The Balaban J connectivity index is 1.71. The van der Waals surface area contributed by atoms with E-state index in [9.17, 15) is 5.11 Å². The fourth-order valence-electron chi connectivity index (χ4n) is 3.51. The number of hydrogen-bond acceptors (Lipinski definition) is 4. The Hall–Kier alpha value is -1.85. The van der Waals surface area contributed by atoms with E-state index in [4.69, 9.17) is 4.74 Å². The molecule has 0 spiro atoms. The van der Waals surface area contributed by atoms with E-state index in [2.05, 4.69) is 42.2 Å². The Labute approximate surface area is 143 Å². The van der Waals surface area contributed by atoms with E-state index < -0.39 is 0 Å². The van der Waals surface area contributed by atoms with Crippen LogP contribution in [-0.2, 0) is 6.54 Å². The number of nitrogens with zero attached hydrogens (tertiary/aromatic N) is 3. The lowest BCUT2D eigenvalue weighted by Gasteiger charge is -2.16. The third-order valence-electron chi connectivity index (χ3n) is 4.87. The van der Waals surface area contributed by atoms with Crippen molar-refractivity contribution in [2.75, 3.05) is 26.8 Å². The molecule has 0 amide bonds. The predicted octanol–water partition coefficient (Wildman–Crippen LogP) is 2.68. The molecule has 0 unspecified atom stereocenters. The van der Waals surface area contributed by atoms with Crippen LogP contribution in [0.1, 0.15) is 36.9 Å². The standard InChI is InChI=1S/C19H27N3O2/c1-14(2)22-11-16(8-20-22)19-12-21(10-17(19)13-23)9-15-5-4-6-18(7-15)24-3/h4-8,11,14,17,19,23H,9-10,12-13H2,1-3H3/t17-,19-/m0/s1. The molecule has 24 heavy (non-hydrogen) atoms. The van der Waals surface area contributed by atoms with Gasteiger partial charge in [0.1, 0.15) is 5.75 Å². The summed E-state index contributed by atoms with van der Waals surface area (Å²) in [5.74, 6) is 1.49. The Morgan fingerprint density at radius 2 is 2.17 bits per heavy atom. The molecule has 2 aromatic rings. The number of aliphatic hydroxyl groups excluding tert-OH is 1. The molecule has 2 atom stereocenters. The topological polar surface area (TPSA) is 50.5 Å². The van der Waals surface area contributed by atoms with E-state index in [0.29, 0.717) is 12.0 Å². The van der Waals surface area contributed by atoms with Crippen molar-refractivity contribution in [1.82, 2.24) is 14.7 Å². The molecule has 1 aromatic carbocycles. The maximum absolute atomic E-state index is 9.81. The smallest absolute Gasteiger partial charge is 0.119 e. The molecule has 2 heterocycles. The molecule has 5 heteroatoms. The number of hydrogen-bond donors (Lipinski definition) is 1. The van der Waals surface area contributed by atoms with E-state index in [0.717, 1.165) is 25.4 Å². The summed E-state index contributed by atoms with van der Waals surface area (Å²) in [6.07, 6.45) is 4.09. The van der Waals surface area contributed by atoms with Gasteiger partial charge in [-0.25, -0.2) is 0 Å². The second-order valence-electron chi connectivity index (χ2n) is 6.94. The molecule has 1 aliphatic rings. The van der Waals surface area contributed by atoms with Gasteiger partial charge in [0.25, 0.3) is 0 Å². The maximum atomic E-state index is 9.81. The molecule has 0 saturated carbocycles. The fourth-order valence-corrected chi connectivity index (χ4v) is 3.51. The monoisotopic (exact) mass is 329 g/mol. The number of methoxy groups -OCH3 is 1. The van der Waals surface area contributed by atoms with Gasteiger partial charge in [0, 0.05) is 50.3 Å². The zero-order valence-electron chi connectivity index (χ0n) is 14.7. The van der Waals surface area contributed by atoms with Gasteiger partial charge in [0.05, 0.1) is 13.3 Å². The van der Waals surface area contributed by atoms with Gasteiger partial charge in [0.15, 0.2) is 0 Å². The van der Waals surface area contributed by atoms with Gasteiger partial charge < -0.3 is 9.84 Å². The summed E-state index contributed by atoms with van der Waals surface area (Å²) in [4.78, 5) is 2.41. The first kappa shape index (κ1) is 17.0. The molecule has 1 aromatic heterocycles. The first-order valence-electron chi connectivity index (χ1n) is 8.61. The van der Waals surface area contributed by atoms with E-state index in [-0.39, 0.29) is 12.5 Å². The van der Waals surface area contributed by atoms with Crippen LogP contribution in [0.4, 0.5) is 0 Å². The van der Waals surface area contributed by atoms with Crippen LogP contribution in [-0.4, -0.2) is 46.6 Å². The highest BCUT2D eigenvalue weighted by atomic mass is 16.5. The van der Waals surface area contributed by atoms with Gasteiger partial charge in [-0.2, -0.15) is 5.10 Å². The van der Waals surface area contributed by atoms with Crippen molar-refractivity contribution >= 4 is 0 Å². The number of ether oxygens (including phenoxy) is 1. The van der Waals surface area contributed by atoms with E-state index in [1.807, 2.05) is 23.0 Å². The van der Waals surface area contributed by atoms with Crippen LogP contribution in [0.3, 0.4) is 0 Å². The number of aliphatic hydroxyl groups is 1. The summed E-state index contributed by atoms with van der Waals surface area (Å²) >= 11 is 0. The first-order valence-corrected chi connectivity index (χ1v) is 8.61. The van der Waals surface area contributed by atoms with Gasteiger partial charge in [0.2, 0.25) is 0 Å². The fraction of sp³-hybridized carbons (Fsp3) is 0.526. The van der Waals surface area contributed by atoms with Crippen molar-refractivity contribution in [2.45, 2.75) is 32.4 Å². The molecule has 130 valence electrons. The number of likely N-dealkylation sites (tertiary alicyclic amines) is 1. The SMILES string of the molecule is COc1cccc(CN2C[C@@H](CO)[C@H](c3cnn(C(C)C)c3)C2)c1. The lowest BCUT2D eigenvalue weighted by molar-refractivity contribution is 0.214. The molecule has 0 aliphatic carbocycles. The number of benzene rings is 1. The predicted molar refractivity (Wildman–Crippen MR) is 94.2 cm³/mol. The van der Waals surface area contributed by atoms with Crippen molar-refractivity contribution < 1.29 is 9.84 Å². The van der Waals surface area contributed by atoms with Crippen LogP contribution in [0.2, 0.25) is 0 Å². The Bertz CT molecular complexity index is 668. The zero-order valence-corrected chi connectivity index (χ0v) is 14.7. The minimum atomic E-state index is 0.214. The van der Waals surface area contributed by atoms with Crippen LogP contribution >= 0.6 is 0 Å². The van der Waals surface area contributed by atoms with E-state index in [1.54, 1.807) is 7.11 Å². The molecule has 1 N–H and O–H groups in total. The van der Waals surface area contributed by atoms with Crippen LogP contribution in [0.25, 0.3) is 0 Å². The highest BCUT2D eigenvalue weighted by molar-refractivity contribution is 5.28. The number of aromatic nitrogens is 2. The minimum Gasteiger partial charge on any atom is -0.497 e. The van der Waals surface area contributed by atoms with Crippen molar-refractivity contribution in [1.29, 1.82) is 0 Å². The summed E-state index contributed by atoms with van der Waals surface area (Å²) in [5.41, 5.74) is 2.47. The Morgan fingerprint density at radius 3 is 2.83 bits per heavy atom. The van der Waals surface area contributed by atoms with Crippen LogP contribution in [0.15, 0.2) is 36.7 Å². The molecule has 1 saturated heterocycles. The number of rotatable bonds is 6. The molecule has 5 nitrogen and oxygen atoms in total. The van der Waals surface area contributed by atoms with Crippen molar-refractivity contribution in [3.8, 4) is 5.75 Å². The summed E-state index contributed by atoms with van der Waals surface area (Å²) in [6.45, 7) is 7.21. The summed E-state index contributed by atoms with van der Waals surface area (Å²) in [7, 11) is 1.69. The van der Waals surface area contributed by atoms with E-state index >= 15 is 0 Å². The lowest BCUT2D eigenvalue weighted by Crippen LogP contribution is -2.20. The van der Waals surface area contributed by atoms with Gasteiger partial charge in [-0.3, -0.25) is 9.58 Å². The van der Waals surface area contributed by atoms with Crippen molar-refractivity contribution in [3.05, 3.63) is 47.8 Å². The van der Waals surface area contributed by atoms with Gasteiger partial charge >= 0.3 is 0 Å². The molecule has 1 fully saturated rings. The highest BCUT2D eigenvalue weighted by Gasteiger charge is 2.34. The second-order valence-corrected chi connectivity index (χ2v) is 6.94. The Kier molecular flexibility index (Phi) is 5.21. The van der Waals surface area contributed by atoms with Gasteiger partial charge in [-0.05, 0) is 37.1 Å². The highest BCUT2D eigenvalue weighted by Crippen LogP contribution is 2.33. The molecule has 3 rings (SSSR count). The average Bonchev–Trinajstić information content (AvgIpc) is 3.21. The summed E-state index contributed by atoms with van der Waals surface area (Å²) in [6, 6.07) is 8.56. The molecule has 0 radical (unpaired) electrons. The molecule has 1 aliphatic heterocycles. The van der Waals surface area contributed by atoms with E-state index in [1.165, 1.54) is 11.1 Å².